The number of aliphatic imine (C=N–C) groups is 1. The van der Waals surface area contributed by atoms with Gasteiger partial charge in [0.25, 0.3) is 0 Å². The lowest BCUT2D eigenvalue weighted by Crippen LogP contribution is -2.44. The molecule has 0 aliphatic rings. The summed E-state index contributed by atoms with van der Waals surface area (Å²) >= 11 is 0. The van der Waals surface area contributed by atoms with Gasteiger partial charge in [0, 0.05) is 24.7 Å². The predicted molar refractivity (Wildman–Crippen MR) is 102 cm³/mol. The molecule has 0 aliphatic carbocycles. The highest BCUT2D eigenvalue weighted by Crippen LogP contribution is 2.11. The molecule has 0 saturated heterocycles. The average Bonchev–Trinajstić information content (AvgIpc) is 2.54. The van der Waals surface area contributed by atoms with Crippen LogP contribution in [0.15, 0.2) is 29.3 Å². The Balaban J connectivity index is 2.64. The molecule has 5 heteroatoms. The summed E-state index contributed by atoms with van der Waals surface area (Å²) in [5, 5.41) is 9.59. The van der Waals surface area contributed by atoms with Gasteiger partial charge >= 0.3 is 0 Å². The molecule has 1 unspecified atom stereocenters. The van der Waals surface area contributed by atoms with E-state index in [-0.39, 0.29) is 5.91 Å². The highest BCUT2D eigenvalue weighted by Gasteiger charge is 2.08. The molecule has 0 spiro atoms. The second kappa shape index (κ2) is 10.7. The molecule has 0 bridgehead atoms. The maximum atomic E-state index is 11.6. The number of anilines is 1. The quantitative estimate of drug-likeness (QED) is 0.504. The summed E-state index contributed by atoms with van der Waals surface area (Å²) in [7, 11) is 0. The first-order valence-electron chi connectivity index (χ1n) is 8.89. The van der Waals surface area contributed by atoms with E-state index >= 15 is 0 Å². The lowest BCUT2D eigenvalue weighted by atomic mass is 10.1. The molecule has 0 radical (unpaired) electrons. The molecule has 1 aromatic rings. The van der Waals surface area contributed by atoms with Crippen molar-refractivity contribution in [3.8, 4) is 0 Å². The van der Waals surface area contributed by atoms with Gasteiger partial charge in [-0.15, -0.1) is 0 Å². The number of benzene rings is 1. The third kappa shape index (κ3) is 7.49. The van der Waals surface area contributed by atoms with Gasteiger partial charge in [-0.3, -0.25) is 4.79 Å². The minimum Gasteiger partial charge on any atom is -0.357 e. The molecular weight excluding hydrogens is 300 g/mol. The molecule has 1 aromatic carbocycles. The number of hydrogen-bond donors (Lipinski definition) is 3. The van der Waals surface area contributed by atoms with E-state index in [4.69, 9.17) is 0 Å². The topological polar surface area (TPSA) is 65.5 Å². The van der Waals surface area contributed by atoms with E-state index in [0.29, 0.717) is 24.9 Å². The van der Waals surface area contributed by atoms with Crippen LogP contribution in [-0.4, -0.2) is 24.5 Å². The fourth-order valence-electron chi connectivity index (χ4n) is 2.02. The van der Waals surface area contributed by atoms with Crippen molar-refractivity contribution in [2.24, 2.45) is 10.9 Å². The summed E-state index contributed by atoms with van der Waals surface area (Å²) in [6.45, 7) is 12.0. The van der Waals surface area contributed by atoms with Crippen molar-refractivity contribution in [2.75, 3.05) is 11.9 Å². The van der Waals surface area contributed by atoms with Crippen LogP contribution in [0.25, 0.3) is 0 Å². The number of nitrogens with zero attached hydrogens (tertiary/aromatic N) is 1. The zero-order chi connectivity index (χ0) is 17.9. The Kier molecular flexibility index (Phi) is 8.90. The minimum atomic E-state index is 0.0598. The first-order valence-corrected chi connectivity index (χ1v) is 8.89. The maximum absolute atomic E-state index is 11.6. The largest absolute Gasteiger partial charge is 0.357 e. The molecule has 1 amide bonds. The van der Waals surface area contributed by atoms with Gasteiger partial charge in [-0.25, -0.2) is 4.99 Å². The van der Waals surface area contributed by atoms with Crippen LogP contribution < -0.4 is 16.0 Å². The standard InChI is InChI=1S/C19H32N4O/c1-6-8-18(24)23-17-11-9-16(10-12-17)13-21-19(20-7-2)22-15(5)14(3)4/h9-12,14-15H,6-8,13H2,1-5H3,(H,23,24)(H2,20,21,22). The smallest absolute Gasteiger partial charge is 0.224 e. The van der Waals surface area contributed by atoms with Crippen LogP contribution in [-0.2, 0) is 11.3 Å². The van der Waals surface area contributed by atoms with Crippen molar-refractivity contribution in [2.45, 2.75) is 60.0 Å². The third-order valence-corrected chi connectivity index (χ3v) is 3.84. The monoisotopic (exact) mass is 332 g/mol. The number of carbonyl (C=O) groups excluding carboxylic acids is 1. The van der Waals surface area contributed by atoms with Gasteiger partial charge in [0.1, 0.15) is 0 Å². The SMILES string of the molecule is CCCC(=O)Nc1ccc(CN=C(NCC)NC(C)C(C)C)cc1. The van der Waals surface area contributed by atoms with Crippen LogP contribution in [0.5, 0.6) is 0 Å². The van der Waals surface area contributed by atoms with Gasteiger partial charge in [-0.1, -0.05) is 32.9 Å². The molecule has 0 aliphatic heterocycles. The van der Waals surface area contributed by atoms with E-state index in [9.17, 15) is 4.79 Å². The van der Waals surface area contributed by atoms with Gasteiger partial charge in [0.15, 0.2) is 5.96 Å². The maximum Gasteiger partial charge on any atom is 0.224 e. The van der Waals surface area contributed by atoms with Crippen LogP contribution in [0.1, 0.15) is 53.0 Å². The van der Waals surface area contributed by atoms with Gasteiger partial charge in [-0.05, 0) is 43.9 Å². The highest BCUT2D eigenvalue weighted by atomic mass is 16.1. The fourth-order valence-corrected chi connectivity index (χ4v) is 2.02. The zero-order valence-corrected chi connectivity index (χ0v) is 15.6. The third-order valence-electron chi connectivity index (χ3n) is 3.84. The lowest BCUT2D eigenvalue weighted by molar-refractivity contribution is -0.116. The molecule has 0 fully saturated rings. The number of amides is 1. The van der Waals surface area contributed by atoms with E-state index in [2.05, 4.69) is 48.6 Å². The average molecular weight is 332 g/mol. The molecule has 5 nitrogen and oxygen atoms in total. The van der Waals surface area contributed by atoms with E-state index in [1.165, 1.54) is 0 Å². The zero-order valence-electron chi connectivity index (χ0n) is 15.6. The number of carbonyl (C=O) groups is 1. The van der Waals surface area contributed by atoms with Crippen LogP contribution in [0, 0.1) is 5.92 Å². The summed E-state index contributed by atoms with van der Waals surface area (Å²) in [6.07, 6.45) is 1.41. The van der Waals surface area contributed by atoms with E-state index in [1.807, 2.05) is 31.2 Å². The lowest BCUT2D eigenvalue weighted by Gasteiger charge is -2.20. The predicted octanol–water partition coefficient (Wildman–Crippen LogP) is 3.52. The van der Waals surface area contributed by atoms with Crippen molar-refractivity contribution in [3.63, 3.8) is 0 Å². The number of nitrogens with one attached hydrogen (secondary N) is 3. The molecule has 0 heterocycles. The summed E-state index contributed by atoms with van der Waals surface area (Å²) in [6, 6.07) is 8.21. The van der Waals surface area contributed by atoms with Crippen LogP contribution >= 0.6 is 0 Å². The Hall–Kier alpha value is -2.04. The van der Waals surface area contributed by atoms with Crippen molar-refractivity contribution < 1.29 is 4.79 Å². The normalized spacial score (nSPS) is 12.8. The second-order valence-electron chi connectivity index (χ2n) is 6.37. The molecule has 3 N–H and O–H groups in total. The molecule has 24 heavy (non-hydrogen) atoms. The Labute approximate surface area is 146 Å². The number of guanidine groups is 1. The fraction of sp³-hybridized carbons (Fsp3) is 0.579. The Morgan fingerprint density at radius 1 is 1.12 bits per heavy atom. The molecule has 1 atom stereocenters. The van der Waals surface area contributed by atoms with Crippen molar-refractivity contribution in [3.05, 3.63) is 29.8 Å². The molecule has 0 aromatic heterocycles. The summed E-state index contributed by atoms with van der Waals surface area (Å²) in [4.78, 5) is 16.2. The van der Waals surface area contributed by atoms with Crippen molar-refractivity contribution in [1.29, 1.82) is 0 Å². The van der Waals surface area contributed by atoms with Gasteiger partial charge in [0.2, 0.25) is 5.91 Å². The van der Waals surface area contributed by atoms with Crippen LogP contribution in [0.4, 0.5) is 5.69 Å². The van der Waals surface area contributed by atoms with Gasteiger partial charge in [-0.2, -0.15) is 0 Å². The van der Waals surface area contributed by atoms with Crippen LogP contribution in [0.2, 0.25) is 0 Å². The minimum absolute atomic E-state index is 0.0598. The number of hydrogen-bond acceptors (Lipinski definition) is 2. The molecular formula is C19H32N4O. The second-order valence-corrected chi connectivity index (χ2v) is 6.37. The van der Waals surface area contributed by atoms with E-state index in [0.717, 1.165) is 30.2 Å². The first-order chi connectivity index (χ1) is 11.5. The number of rotatable bonds is 8. The first kappa shape index (κ1) is 20.0. The van der Waals surface area contributed by atoms with E-state index < -0.39 is 0 Å². The molecule has 0 saturated carbocycles. The molecule has 1 rings (SSSR count). The van der Waals surface area contributed by atoms with Crippen molar-refractivity contribution in [1.82, 2.24) is 10.6 Å². The summed E-state index contributed by atoms with van der Waals surface area (Å²) in [5.41, 5.74) is 1.94. The summed E-state index contributed by atoms with van der Waals surface area (Å²) in [5.74, 6) is 1.43. The summed E-state index contributed by atoms with van der Waals surface area (Å²) < 4.78 is 0. The van der Waals surface area contributed by atoms with Gasteiger partial charge in [0.05, 0.1) is 6.54 Å². The Bertz CT molecular complexity index is 523. The van der Waals surface area contributed by atoms with E-state index in [1.54, 1.807) is 0 Å². The Morgan fingerprint density at radius 3 is 2.33 bits per heavy atom. The van der Waals surface area contributed by atoms with Gasteiger partial charge < -0.3 is 16.0 Å². The highest BCUT2D eigenvalue weighted by molar-refractivity contribution is 5.90. The molecule has 134 valence electrons. The Morgan fingerprint density at radius 2 is 1.79 bits per heavy atom. The van der Waals surface area contributed by atoms with Crippen LogP contribution in [0.3, 0.4) is 0 Å². The van der Waals surface area contributed by atoms with Crippen molar-refractivity contribution >= 4 is 17.6 Å².